The van der Waals surface area contributed by atoms with Crippen LogP contribution in [-0.2, 0) is 13.6 Å². The molecular weight excluding hydrogens is 178 g/mol. The summed E-state index contributed by atoms with van der Waals surface area (Å²) in [7, 11) is 1.96. The molecule has 2 N–H and O–H groups in total. The van der Waals surface area contributed by atoms with Gasteiger partial charge in [0.15, 0.2) is 0 Å². The Balaban J connectivity index is 2.52. The third-order valence-electron chi connectivity index (χ3n) is 2.74. The van der Waals surface area contributed by atoms with Crippen LogP contribution in [0.5, 0.6) is 0 Å². The van der Waals surface area contributed by atoms with Crippen molar-refractivity contribution in [1.82, 2.24) is 14.9 Å². The van der Waals surface area contributed by atoms with E-state index in [0.29, 0.717) is 0 Å². The highest BCUT2D eigenvalue weighted by Crippen LogP contribution is 2.09. The topological polar surface area (TPSA) is 50.1 Å². The Morgan fingerprint density at radius 1 is 1.64 bits per heavy atom. The van der Waals surface area contributed by atoms with Gasteiger partial charge in [-0.3, -0.25) is 0 Å². The fourth-order valence-corrected chi connectivity index (χ4v) is 1.15. The molecule has 80 valence electrons. The van der Waals surface area contributed by atoms with Gasteiger partial charge in [-0.1, -0.05) is 6.92 Å². The van der Waals surface area contributed by atoms with Crippen molar-refractivity contribution >= 4 is 0 Å². The maximum atomic E-state index is 9.20. The molecule has 4 heteroatoms. The van der Waals surface area contributed by atoms with Crippen molar-refractivity contribution in [3.63, 3.8) is 0 Å². The normalized spacial score (nSPS) is 15.4. The van der Waals surface area contributed by atoms with Crippen molar-refractivity contribution in [1.29, 1.82) is 0 Å². The molecule has 0 aliphatic rings. The van der Waals surface area contributed by atoms with E-state index in [0.717, 1.165) is 18.7 Å². The fraction of sp³-hybridized carbons (Fsp3) is 0.700. The molecule has 0 spiro atoms. The van der Waals surface area contributed by atoms with E-state index in [-0.39, 0.29) is 12.1 Å². The van der Waals surface area contributed by atoms with Gasteiger partial charge >= 0.3 is 0 Å². The number of hydrogen-bond acceptors (Lipinski definition) is 3. The van der Waals surface area contributed by atoms with Crippen LogP contribution in [0.1, 0.15) is 26.0 Å². The second kappa shape index (κ2) is 4.57. The van der Waals surface area contributed by atoms with Crippen molar-refractivity contribution < 1.29 is 5.11 Å². The molecule has 0 aromatic carbocycles. The molecular formula is C10H19N3O. The number of aromatic nitrogens is 2. The minimum Gasteiger partial charge on any atom is -0.394 e. The van der Waals surface area contributed by atoms with Crippen LogP contribution in [-0.4, -0.2) is 26.8 Å². The summed E-state index contributed by atoms with van der Waals surface area (Å²) in [5, 5.41) is 12.5. The monoisotopic (exact) mass is 197 g/mol. The van der Waals surface area contributed by atoms with Crippen molar-refractivity contribution in [2.24, 2.45) is 7.05 Å². The smallest absolute Gasteiger partial charge is 0.0945 e. The lowest BCUT2D eigenvalue weighted by atomic mass is 10.0. The lowest BCUT2D eigenvalue weighted by Crippen LogP contribution is -2.44. The largest absolute Gasteiger partial charge is 0.394 e. The second-order valence-electron chi connectivity index (χ2n) is 3.92. The van der Waals surface area contributed by atoms with Crippen molar-refractivity contribution in [2.45, 2.75) is 32.4 Å². The first-order valence-corrected chi connectivity index (χ1v) is 4.92. The van der Waals surface area contributed by atoms with Crippen LogP contribution in [0.3, 0.4) is 0 Å². The number of aliphatic hydroxyl groups is 1. The van der Waals surface area contributed by atoms with Gasteiger partial charge in [-0.05, 0) is 13.3 Å². The van der Waals surface area contributed by atoms with Gasteiger partial charge in [0.05, 0.1) is 18.6 Å². The zero-order chi connectivity index (χ0) is 10.6. The van der Waals surface area contributed by atoms with E-state index in [1.165, 1.54) is 0 Å². The van der Waals surface area contributed by atoms with Crippen LogP contribution >= 0.6 is 0 Å². The predicted octanol–water partition coefficient (Wildman–Crippen LogP) is 0.671. The number of hydrogen-bond donors (Lipinski definition) is 2. The third kappa shape index (κ3) is 2.56. The van der Waals surface area contributed by atoms with Gasteiger partial charge in [0.25, 0.3) is 0 Å². The summed E-state index contributed by atoms with van der Waals surface area (Å²) in [5.41, 5.74) is 0.933. The van der Waals surface area contributed by atoms with Crippen molar-refractivity contribution in [3.8, 4) is 0 Å². The zero-order valence-corrected chi connectivity index (χ0v) is 9.12. The highest BCUT2D eigenvalue weighted by Gasteiger charge is 2.19. The predicted molar refractivity (Wildman–Crippen MR) is 55.8 cm³/mol. The lowest BCUT2D eigenvalue weighted by Gasteiger charge is -2.27. The average Bonchev–Trinajstić information content (AvgIpc) is 2.61. The number of aliphatic hydroxyl groups excluding tert-OH is 1. The molecule has 1 aromatic heterocycles. The molecule has 1 rings (SSSR count). The van der Waals surface area contributed by atoms with Crippen molar-refractivity contribution in [3.05, 3.63) is 18.2 Å². The van der Waals surface area contributed by atoms with E-state index in [1.807, 2.05) is 24.7 Å². The zero-order valence-electron chi connectivity index (χ0n) is 9.12. The Labute approximate surface area is 85.0 Å². The molecule has 0 bridgehead atoms. The Hall–Kier alpha value is -0.870. The Kier molecular flexibility index (Phi) is 3.66. The first-order valence-electron chi connectivity index (χ1n) is 4.92. The molecule has 1 unspecified atom stereocenters. The third-order valence-corrected chi connectivity index (χ3v) is 2.74. The minimum atomic E-state index is -0.190. The first-order chi connectivity index (χ1) is 6.61. The van der Waals surface area contributed by atoms with Crippen LogP contribution in [0.25, 0.3) is 0 Å². The maximum Gasteiger partial charge on any atom is 0.0945 e. The van der Waals surface area contributed by atoms with Crippen LogP contribution in [0, 0.1) is 0 Å². The molecule has 14 heavy (non-hydrogen) atoms. The van der Waals surface area contributed by atoms with E-state index >= 15 is 0 Å². The summed E-state index contributed by atoms with van der Waals surface area (Å²) >= 11 is 0. The van der Waals surface area contributed by atoms with Gasteiger partial charge in [-0.15, -0.1) is 0 Å². The van der Waals surface area contributed by atoms with E-state index in [4.69, 9.17) is 0 Å². The number of rotatable bonds is 5. The van der Waals surface area contributed by atoms with Gasteiger partial charge in [0.1, 0.15) is 0 Å². The maximum absolute atomic E-state index is 9.20. The molecule has 0 radical (unpaired) electrons. The number of nitrogens with one attached hydrogen (secondary N) is 1. The summed E-state index contributed by atoms with van der Waals surface area (Å²) in [4.78, 5) is 4.03. The van der Waals surface area contributed by atoms with Crippen LogP contribution in [0.2, 0.25) is 0 Å². The van der Waals surface area contributed by atoms with E-state index in [1.54, 1.807) is 6.33 Å². The summed E-state index contributed by atoms with van der Waals surface area (Å²) in [6.07, 6.45) is 4.51. The highest BCUT2D eigenvalue weighted by atomic mass is 16.3. The quantitative estimate of drug-likeness (QED) is 0.729. The molecule has 1 aromatic rings. The number of imidazole rings is 1. The molecule has 0 saturated heterocycles. The molecule has 0 amide bonds. The van der Waals surface area contributed by atoms with Gasteiger partial charge in [-0.25, -0.2) is 4.98 Å². The summed E-state index contributed by atoms with van der Waals surface area (Å²) in [5.74, 6) is 0. The highest BCUT2D eigenvalue weighted by molar-refractivity contribution is 4.98. The van der Waals surface area contributed by atoms with E-state index < -0.39 is 0 Å². The molecule has 0 fully saturated rings. The molecule has 0 aliphatic heterocycles. The molecule has 1 atom stereocenters. The van der Waals surface area contributed by atoms with Gasteiger partial charge in [-0.2, -0.15) is 0 Å². The Bertz CT molecular complexity index is 279. The Morgan fingerprint density at radius 2 is 2.36 bits per heavy atom. The number of aryl methyl sites for hydroxylation is 1. The summed E-state index contributed by atoms with van der Waals surface area (Å²) in [6, 6.07) is 0. The van der Waals surface area contributed by atoms with Crippen LogP contribution < -0.4 is 5.32 Å². The van der Waals surface area contributed by atoms with Crippen LogP contribution in [0.15, 0.2) is 12.5 Å². The number of nitrogens with zero attached hydrogens (tertiary/aromatic N) is 2. The van der Waals surface area contributed by atoms with Gasteiger partial charge in [0.2, 0.25) is 0 Å². The standard InChI is InChI=1S/C10H19N3O/c1-4-10(2,7-14)12-6-9-5-11-8-13(9)3/h5,8,12,14H,4,6-7H2,1-3H3. The summed E-state index contributed by atoms with van der Waals surface area (Å²) in [6.45, 7) is 4.97. The van der Waals surface area contributed by atoms with Crippen LogP contribution in [0.4, 0.5) is 0 Å². The Morgan fingerprint density at radius 3 is 2.79 bits per heavy atom. The van der Waals surface area contributed by atoms with Crippen molar-refractivity contribution in [2.75, 3.05) is 6.61 Å². The molecule has 1 heterocycles. The molecule has 0 aliphatic carbocycles. The van der Waals surface area contributed by atoms with E-state index in [9.17, 15) is 5.11 Å². The first kappa shape index (κ1) is 11.2. The average molecular weight is 197 g/mol. The van der Waals surface area contributed by atoms with E-state index in [2.05, 4.69) is 17.2 Å². The lowest BCUT2D eigenvalue weighted by molar-refractivity contribution is 0.168. The molecule has 0 saturated carbocycles. The molecule has 4 nitrogen and oxygen atoms in total. The van der Waals surface area contributed by atoms with Gasteiger partial charge in [0, 0.05) is 25.3 Å². The van der Waals surface area contributed by atoms with Gasteiger partial charge < -0.3 is 15.0 Å². The second-order valence-corrected chi connectivity index (χ2v) is 3.92. The fourth-order valence-electron chi connectivity index (χ4n) is 1.15. The summed E-state index contributed by atoms with van der Waals surface area (Å²) < 4.78 is 1.97. The SMILES string of the molecule is CCC(C)(CO)NCc1cncn1C. The minimum absolute atomic E-state index is 0.154.